The van der Waals surface area contributed by atoms with E-state index >= 15 is 0 Å². The smallest absolute Gasteiger partial charge is 0.270 e. The molecule has 6 aromatic rings. The molecule has 0 atom stereocenters. The molecule has 8 heteroatoms. The number of imidazole rings is 1. The highest BCUT2D eigenvalue weighted by Crippen LogP contribution is 2.30. The Morgan fingerprint density at radius 3 is 2.50 bits per heavy atom. The minimum atomic E-state index is -0.213. The zero-order chi connectivity index (χ0) is 24.5. The van der Waals surface area contributed by atoms with E-state index in [9.17, 15) is 4.79 Å². The molecule has 0 spiro atoms. The number of rotatable bonds is 5. The summed E-state index contributed by atoms with van der Waals surface area (Å²) < 4.78 is 1.96. The van der Waals surface area contributed by atoms with Crippen molar-refractivity contribution >= 4 is 33.7 Å². The average molecular weight is 472 g/mol. The van der Waals surface area contributed by atoms with E-state index in [4.69, 9.17) is 10.7 Å². The van der Waals surface area contributed by atoms with Crippen molar-refractivity contribution in [3.05, 3.63) is 109 Å². The molecule has 3 N–H and O–H groups in total. The first kappa shape index (κ1) is 21.4. The first-order valence-corrected chi connectivity index (χ1v) is 11.4. The lowest BCUT2D eigenvalue weighted by molar-refractivity contribution is 0.0948. The Bertz CT molecular complexity index is 1720. The number of nitrogens with zero attached hydrogens (tertiary/aromatic N) is 5. The Morgan fingerprint density at radius 1 is 0.833 bits per heavy atom. The minimum absolute atomic E-state index is 0.213. The summed E-state index contributed by atoms with van der Waals surface area (Å²) in [5.74, 6) is 0.850. The topological polar surface area (TPSA) is 112 Å². The average Bonchev–Trinajstić information content (AvgIpc) is 3.31. The van der Waals surface area contributed by atoms with Gasteiger partial charge in [0.05, 0.1) is 5.56 Å². The SMILES string of the molecule is Nc1ncccc1-c1nc2cccnc2n1-c1ccc(CNC(=O)c2nccc3ccccc23)cc1. The number of carbonyl (C=O) groups is 1. The van der Waals surface area contributed by atoms with Crippen molar-refractivity contribution in [2.45, 2.75) is 6.54 Å². The van der Waals surface area contributed by atoms with Gasteiger partial charge >= 0.3 is 0 Å². The Labute approximate surface area is 206 Å². The van der Waals surface area contributed by atoms with Gasteiger partial charge in [-0.15, -0.1) is 0 Å². The van der Waals surface area contributed by atoms with Crippen molar-refractivity contribution in [3.63, 3.8) is 0 Å². The molecule has 4 heterocycles. The van der Waals surface area contributed by atoms with Gasteiger partial charge in [0.15, 0.2) is 11.5 Å². The van der Waals surface area contributed by atoms with Crippen molar-refractivity contribution in [2.75, 3.05) is 5.73 Å². The molecule has 0 radical (unpaired) electrons. The molecule has 0 saturated carbocycles. The molecule has 0 aliphatic rings. The molecule has 1 amide bonds. The van der Waals surface area contributed by atoms with Crippen LogP contribution in [-0.4, -0.2) is 30.4 Å². The lowest BCUT2D eigenvalue weighted by Crippen LogP contribution is -2.24. The van der Waals surface area contributed by atoms with Crippen LogP contribution in [-0.2, 0) is 6.54 Å². The van der Waals surface area contributed by atoms with Gasteiger partial charge in [-0.25, -0.2) is 15.0 Å². The fourth-order valence-corrected chi connectivity index (χ4v) is 4.27. The summed E-state index contributed by atoms with van der Waals surface area (Å²) in [5, 5.41) is 4.79. The van der Waals surface area contributed by atoms with E-state index in [1.807, 2.05) is 83.4 Å². The zero-order valence-corrected chi connectivity index (χ0v) is 19.2. The second-order valence-corrected chi connectivity index (χ2v) is 8.28. The lowest BCUT2D eigenvalue weighted by Gasteiger charge is -2.11. The first-order valence-electron chi connectivity index (χ1n) is 11.4. The van der Waals surface area contributed by atoms with Gasteiger partial charge < -0.3 is 11.1 Å². The number of nitrogens with two attached hydrogens (primary N) is 1. The summed E-state index contributed by atoms with van der Waals surface area (Å²) in [4.78, 5) is 30.7. The van der Waals surface area contributed by atoms with E-state index in [1.165, 1.54) is 0 Å². The number of nitrogen functional groups attached to an aromatic ring is 1. The maximum atomic E-state index is 12.9. The van der Waals surface area contributed by atoms with Gasteiger partial charge in [-0.1, -0.05) is 36.4 Å². The number of aromatic nitrogens is 5. The molecule has 4 aromatic heterocycles. The summed E-state index contributed by atoms with van der Waals surface area (Å²) in [6.45, 7) is 0.370. The lowest BCUT2D eigenvalue weighted by atomic mass is 10.1. The predicted octanol–water partition coefficient (Wildman–Crippen LogP) is 4.54. The standard InChI is InChI=1S/C28H21N7O/c29-25-22(7-3-14-31-25)26-34-23-8-4-15-32-27(23)35(26)20-11-9-18(10-12-20)17-33-28(36)24-21-6-2-1-5-19(21)13-16-30-24/h1-16H,17H2,(H2,29,31)(H,33,36). The maximum absolute atomic E-state index is 12.9. The molecule has 6 rings (SSSR count). The highest BCUT2D eigenvalue weighted by Gasteiger charge is 2.17. The van der Waals surface area contributed by atoms with Gasteiger partial charge in [-0.3, -0.25) is 14.3 Å². The van der Waals surface area contributed by atoms with Crippen molar-refractivity contribution in [1.29, 1.82) is 0 Å². The molecule has 0 bridgehead atoms. The Balaban J connectivity index is 1.29. The Morgan fingerprint density at radius 2 is 1.64 bits per heavy atom. The maximum Gasteiger partial charge on any atom is 0.270 e. The second-order valence-electron chi connectivity index (χ2n) is 8.28. The van der Waals surface area contributed by atoms with Crippen molar-refractivity contribution in [1.82, 2.24) is 29.8 Å². The van der Waals surface area contributed by atoms with E-state index in [0.29, 0.717) is 23.9 Å². The van der Waals surface area contributed by atoms with Gasteiger partial charge in [-0.05, 0) is 53.4 Å². The van der Waals surface area contributed by atoms with Crippen molar-refractivity contribution in [3.8, 4) is 17.1 Å². The van der Waals surface area contributed by atoms with Crippen LogP contribution in [0.5, 0.6) is 0 Å². The van der Waals surface area contributed by atoms with Gasteiger partial charge in [0.2, 0.25) is 0 Å². The summed E-state index contributed by atoms with van der Waals surface area (Å²) in [6.07, 6.45) is 5.05. The number of nitrogens with one attached hydrogen (secondary N) is 1. The van der Waals surface area contributed by atoms with Crippen molar-refractivity contribution < 1.29 is 4.79 Å². The van der Waals surface area contributed by atoms with Crippen LogP contribution in [0, 0.1) is 0 Å². The summed E-state index contributed by atoms with van der Waals surface area (Å²) >= 11 is 0. The number of fused-ring (bicyclic) bond motifs is 2. The van der Waals surface area contributed by atoms with Crippen LogP contribution >= 0.6 is 0 Å². The predicted molar refractivity (Wildman–Crippen MR) is 139 cm³/mol. The number of pyridine rings is 3. The Hall–Kier alpha value is -5.11. The fourth-order valence-electron chi connectivity index (χ4n) is 4.27. The molecular weight excluding hydrogens is 450 g/mol. The quantitative estimate of drug-likeness (QED) is 0.382. The monoisotopic (exact) mass is 471 g/mol. The molecule has 0 aliphatic heterocycles. The summed E-state index contributed by atoms with van der Waals surface area (Å²) in [7, 11) is 0. The van der Waals surface area contributed by atoms with E-state index in [0.717, 1.165) is 38.8 Å². The Kier molecular flexibility index (Phi) is 5.31. The third-order valence-electron chi connectivity index (χ3n) is 6.03. The number of benzene rings is 2. The zero-order valence-electron chi connectivity index (χ0n) is 19.2. The van der Waals surface area contributed by atoms with Gasteiger partial charge in [0, 0.05) is 36.2 Å². The summed E-state index contributed by atoms with van der Waals surface area (Å²) in [5.41, 5.74) is 10.6. The highest BCUT2D eigenvalue weighted by molar-refractivity contribution is 6.05. The number of anilines is 1. The molecule has 0 saturated heterocycles. The normalized spacial score (nSPS) is 11.1. The second kappa shape index (κ2) is 8.92. The molecule has 0 unspecified atom stereocenters. The number of amides is 1. The van der Waals surface area contributed by atoms with Crippen LogP contribution in [0.3, 0.4) is 0 Å². The number of carbonyl (C=O) groups excluding carboxylic acids is 1. The van der Waals surface area contributed by atoms with Gasteiger partial charge in [-0.2, -0.15) is 0 Å². The van der Waals surface area contributed by atoms with E-state index in [-0.39, 0.29) is 5.91 Å². The largest absolute Gasteiger partial charge is 0.383 e. The first-order chi connectivity index (χ1) is 17.7. The molecule has 2 aromatic carbocycles. The third kappa shape index (κ3) is 3.80. The van der Waals surface area contributed by atoms with E-state index in [1.54, 1.807) is 18.6 Å². The van der Waals surface area contributed by atoms with Crippen LogP contribution in [0.2, 0.25) is 0 Å². The van der Waals surface area contributed by atoms with Crippen LogP contribution in [0.25, 0.3) is 39.0 Å². The molecule has 174 valence electrons. The van der Waals surface area contributed by atoms with E-state index in [2.05, 4.69) is 20.3 Å². The number of hydrogen-bond donors (Lipinski definition) is 2. The van der Waals surface area contributed by atoms with Crippen LogP contribution in [0.4, 0.5) is 5.82 Å². The van der Waals surface area contributed by atoms with Crippen LogP contribution in [0.15, 0.2) is 97.5 Å². The van der Waals surface area contributed by atoms with Gasteiger partial charge in [0.1, 0.15) is 17.0 Å². The highest BCUT2D eigenvalue weighted by atomic mass is 16.1. The molecule has 0 aliphatic carbocycles. The van der Waals surface area contributed by atoms with Crippen LogP contribution < -0.4 is 11.1 Å². The molecule has 0 fully saturated rings. The van der Waals surface area contributed by atoms with Crippen LogP contribution in [0.1, 0.15) is 16.1 Å². The molecular formula is C28H21N7O. The fraction of sp³-hybridized carbons (Fsp3) is 0.0357. The summed E-state index contributed by atoms with van der Waals surface area (Å²) in [6, 6.07) is 25.0. The molecule has 8 nitrogen and oxygen atoms in total. The third-order valence-corrected chi connectivity index (χ3v) is 6.03. The van der Waals surface area contributed by atoms with Crippen molar-refractivity contribution in [2.24, 2.45) is 0 Å². The number of hydrogen-bond acceptors (Lipinski definition) is 6. The van der Waals surface area contributed by atoms with Gasteiger partial charge in [0.25, 0.3) is 5.91 Å². The molecule has 36 heavy (non-hydrogen) atoms. The van der Waals surface area contributed by atoms with E-state index < -0.39 is 0 Å². The minimum Gasteiger partial charge on any atom is -0.383 e.